The number of carbonyl (C=O) groups is 2. The van der Waals surface area contributed by atoms with Crippen LogP contribution in [0.15, 0.2) is 43.0 Å². The van der Waals surface area contributed by atoms with Gasteiger partial charge in [-0.1, -0.05) is 24.3 Å². The van der Waals surface area contributed by atoms with E-state index in [1.165, 1.54) is 14.2 Å². The summed E-state index contributed by atoms with van der Waals surface area (Å²) in [6.45, 7) is 7.58. The third kappa shape index (κ3) is 3.97. The molecule has 1 aliphatic heterocycles. The van der Waals surface area contributed by atoms with Gasteiger partial charge in [0.15, 0.2) is 0 Å². The van der Waals surface area contributed by atoms with Crippen LogP contribution in [-0.4, -0.2) is 62.3 Å². The first kappa shape index (κ1) is 20.1. The smallest absolute Gasteiger partial charge is 0.332 e. The number of nitrogens with zero attached hydrogens (tertiary/aromatic N) is 2. The molecule has 1 amide bonds. The van der Waals surface area contributed by atoms with E-state index in [9.17, 15) is 9.59 Å². The van der Waals surface area contributed by atoms with Crippen LogP contribution in [0.4, 0.5) is 5.69 Å². The number of para-hydroxylation sites is 1. The number of amides is 1. The van der Waals surface area contributed by atoms with E-state index in [0.29, 0.717) is 31.6 Å². The molecule has 0 aliphatic carbocycles. The molecule has 142 valence electrons. The van der Waals surface area contributed by atoms with Crippen molar-refractivity contribution in [3.63, 3.8) is 0 Å². The van der Waals surface area contributed by atoms with Crippen LogP contribution in [-0.2, 0) is 19.1 Å². The molecule has 1 fully saturated rings. The van der Waals surface area contributed by atoms with Gasteiger partial charge in [-0.15, -0.1) is 6.58 Å². The van der Waals surface area contributed by atoms with Gasteiger partial charge in [-0.3, -0.25) is 14.6 Å². The van der Waals surface area contributed by atoms with Gasteiger partial charge in [0.1, 0.15) is 11.6 Å². The zero-order valence-corrected chi connectivity index (χ0v) is 15.8. The van der Waals surface area contributed by atoms with E-state index in [-0.39, 0.29) is 5.91 Å². The first-order valence-electron chi connectivity index (χ1n) is 8.83. The third-order valence-corrected chi connectivity index (χ3v) is 5.00. The normalized spacial score (nSPS) is 18.0. The highest BCUT2D eigenvalue weighted by Crippen LogP contribution is 2.35. The fraction of sp³-hybridized carbons (Fsp3) is 0.500. The van der Waals surface area contributed by atoms with Gasteiger partial charge < -0.3 is 9.47 Å². The van der Waals surface area contributed by atoms with Crippen LogP contribution in [0.3, 0.4) is 0 Å². The number of esters is 1. The third-order valence-electron chi connectivity index (χ3n) is 5.00. The van der Waals surface area contributed by atoms with Crippen LogP contribution >= 0.6 is 0 Å². The molecule has 6 heteroatoms. The van der Waals surface area contributed by atoms with Crippen LogP contribution in [0.25, 0.3) is 0 Å². The second-order valence-electron chi connectivity index (χ2n) is 6.50. The van der Waals surface area contributed by atoms with E-state index >= 15 is 0 Å². The van der Waals surface area contributed by atoms with Crippen molar-refractivity contribution < 1.29 is 19.1 Å². The van der Waals surface area contributed by atoms with Crippen molar-refractivity contribution in [2.75, 3.05) is 38.8 Å². The van der Waals surface area contributed by atoms with E-state index in [2.05, 4.69) is 11.5 Å². The first-order valence-corrected chi connectivity index (χ1v) is 8.83. The summed E-state index contributed by atoms with van der Waals surface area (Å²) in [6, 6.07) is 9.25. The molecule has 6 nitrogen and oxygen atoms in total. The number of anilines is 1. The monoisotopic (exact) mass is 360 g/mol. The second kappa shape index (κ2) is 8.96. The summed E-state index contributed by atoms with van der Waals surface area (Å²) in [5, 5.41) is 0. The summed E-state index contributed by atoms with van der Waals surface area (Å²) in [5.41, 5.74) is -0.374. The lowest BCUT2D eigenvalue weighted by atomic mass is 9.84. The Morgan fingerprint density at radius 1 is 1.27 bits per heavy atom. The maximum absolute atomic E-state index is 13.2. The number of piperidine rings is 1. The molecule has 1 aliphatic rings. The fourth-order valence-corrected chi connectivity index (χ4v) is 3.44. The molecule has 0 saturated carbocycles. The van der Waals surface area contributed by atoms with Crippen molar-refractivity contribution >= 4 is 17.6 Å². The molecule has 1 aromatic carbocycles. The number of ether oxygens (including phenoxy) is 2. The highest BCUT2D eigenvalue weighted by atomic mass is 16.5. The summed E-state index contributed by atoms with van der Waals surface area (Å²) in [7, 11) is 2.86. The van der Waals surface area contributed by atoms with E-state index in [1.807, 2.05) is 36.4 Å². The Balaban J connectivity index is 2.47. The van der Waals surface area contributed by atoms with E-state index in [1.54, 1.807) is 11.8 Å². The van der Waals surface area contributed by atoms with Crippen molar-refractivity contribution in [1.82, 2.24) is 4.90 Å². The summed E-state index contributed by atoms with van der Waals surface area (Å²) < 4.78 is 10.4. The number of methoxy groups -OCH3 is 2. The molecular formula is C20H28N2O4. The van der Waals surface area contributed by atoms with E-state index in [0.717, 1.165) is 6.54 Å². The van der Waals surface area contributed by atoms with Crippen molar-refractivity contribution in [3.8, 4) is 0 Å². The minimum atomic E-state index is -1.04. The maximum Gasteiger partial charge on any atom is 0.332 e. The number of benzene rings is 1. The Hall–Kier alpha value is -2.18. The Bertz CT molecular complexity index is 624. The molecule has 1 unspecified atom stereocenters. The van der Waals surface area contributed by atoms with Gasteiger partial charge in [-0.05, 0) is 31.9 Å². The van der Waals surface area contributed by atoms with Crippen LogP contribution in [0.5, 0.6) is 0 Å². The standard InChI is InChI=1S/C20H28N2O4/c1-5-13-21-14-11-20(12-15-21,19(24)26-4)22(18(23)16(2)25-3)17-9-7-6-8-10-17/h5-10,16H,1,11-15H2,2-4H3. The van der Waals surface area contributed by atoms with Gasteiger partial charge in [0, 0.05) is 32.4 Å². The average Bonchev–Trinajstić information content (AvgIpc) is 2.69. The lowest BCUT2D eigenvalue weighted by Crippen LogP contribution is -2.64. The van der Waals surface area contributed by atoms with Gasteiger partial charge in [-0.2, -0.15) is 0 Å². The number of hydrogen-bond acceptors (Lipinski definition) is 5. The second-order valence-corrected chi connectivity index (χ2v) is 6.50. The molecule has 0 bridgehead atoms. The predicted octanol–water partition coefficient (Wildman–Crippen LogP) is 2.25. The summed E-state index contributed by atoms with van der Waals surface area (Å²) in [6.07, 6.45) is 2.16. The number of likely N-dealkylation sites (tertiary alicyclic amines) is 1. The van der Waals surface area contributed by atoms with Gasteiger partial charge in [0.25, 0.3) is 5.91 Å². The molecule has 1 aromatic rings. The molecule has 1 atom stereocenters. The highest BCUT2D eigenvalue weighted by molar-refractivity contribution is 6.04. The molecule has 1 heterocycles. The largest absolute Gasteiger partial charge is 0.467 e. The van der Waals surface area contributed by atoms with Crippen molar-refractivity contribution in [2.24, 2.45) is 0 Å². The number of carbonyl (C=O) groups excluding carboxylic acids is 2. The van der Waals surface area contributed by atoms with Crippen molar-refractivity contribution in [2.45, 2.75) is 31.4 Å². The molecule has 0 radical (unpaired) electrons. The number of hydrogen-bond donors (Lipinski definition) is 0. The zero-order valence-electron chi connectivity index (χ0n) is 15.8. The minimum Gasteiger partial charge on any atom is -0.467 e. The minimum absolute atomic E-state index is 0.249. The van der Waals surface area contributed by atoms with Crippen LogP contribution in [0.1, 0.15) is 19.8 Å². The molecule has 0 aromatic heterocycles. The molecule has 2 rings (SSSR count). The first-order chi connectivity index (χ1) is 12.5. The van der Waals surface area contributed by atoms with E-state index in [4.69, 9.17) is 9.47 Å². The van der Waals surface area contributed by atoms with Crippen LogP contribution in [0, 0.1) is 0 Å². The van der Waals surface area contributed by atoms with Gasteiger partial charge in [0.05, 0.1) is 7.11 Å². The Labute approximate surface area is 155 Å². The van der Waals surface area contributed by atoms with Crippen LogP contribution in [0.2, 0.25) is 0 Å². The summed E-state index contributed by atoms with van der Waals surface area (Å²) in [4.78, 5) is 29.8. The quantitative estimate of drug-likeness (QED) is 0.551. The highest BCUT2D eigenvalue weighted by Gasteiger charge is 2.50. The Morgan fingerprint density at radius 3 is 2.38 bits per heavy atom. The van der Waals surface area contributed by atoms with Crippen molar-refractivity contribution in [1.29, 1.82) is 0 Å². The maximum atomic E-state index is 13.2. The lowest BCUT2D eigenvalue weighted by Gasteiger charge is -2.46. The van der Waals surface area contributed by atoms with Gasteiger partial charge in [0.2, 0.25) is 0 Å². The molecule has 1 saturated heterocycles. The molecule has 0 spiro atoms. The van der Waals surface area contributed by atoms with Crippen LogP contribution < -0.4 is 4.90 Å². The molecule has 26 heavy (non-hydrogen) atoms. The van der Waals surface area contributed by atoms with Crippen molar-refractivity contribution in [3.05, 3.63) is 43.0 Å². The summed E-state index contributed by atoms with van der Waals surface area (Å²) >= 11 is 0. The van der Waals surface area contributed by atoms with Gasteiger partial charge in [-0.25, -0.2) is 4.79 Å². The SMILES string of the molecule is C=CCN1CCC(C(=O)OC)(N(C(=O)C(C)OC)c2ccccc2)CC1. The van der Waals surface area contributed by atoms with E-state index < -0.39 is 17.6 Å². The topological polar surface area (TPSA) is 59.1 Å². The van der Waals surface area contributed by atoms with Gasteiger partial charge >= 0.3 is 5.97 Å². The fourth-order valence-electron chi connectivity index (χ4n) is 3.44. The predicted molar refractivity (Wildman–Crippen MR) is 101 cm³/mol. The molecular weight excluding hydrogens is 332 g/mol. The lowest BCUT2D eigenvalue weighted by molar-refractivity contribution is -0.151. The Morgan fingerprint density at radius 2 is 1.88 bits per heavy atom. The Kier molecular flexibility index (Phi) is 6.94. The molecule has 0 N–H and O–H groups in total. The zero-order chi connectivity index (χ0) is 19.2. The number of rotatable bonds is 7. The average molecular weight is 360 g/mol. The summed E-state index contributed by atoms with van der Waals surface area (Å²) in [5.74, 6) is -0.641.